The molecule has 4 bridgehead atoms. The largest absolute Gasteiger partial charge is 0.486 e. The van der Waals surface area contributed by atoms with Crippen LogP contribution in [0.25, 0.3) is 0 Å². The van der Waals surface area contributed by atoms with Crippen molar-refractivity contribution < 1.29 is 66.6 Å². The van der Waals surface area contributed by atoms with Gasteiger partial charge in [0.05, 0.1) is 55.7 Å². The van der Waals surface area contributed by atoms with Crippen molar-refractivity contribution in [2.75, 3.05) is 26.2 Å². The number of esters is 2. The first-order chi connectivity index (χ1) is 40.4. The summed E-state index contributed by atoms with van der Waals surface area (Å²) in [5, 5.41) is 9.82. The number of hydrogen-bond acceptors (Lipinski definition) is 14. The third-order valence-electron chi connectivity index (χ3n) is 21.4. The number of rotatable bonds is 15. The first-order valence-corrected chi connectivity index (χ1v) is 32.0. The Morgan fingerprint density at radius 1 is 0.605 bits per heavy atom. The lowest BCUT2D eigenvalue weighted by atomic mass is 9.43. The number of carbonyl (C=O) groups is 4. The molecule has 7 aliphatic carbocycles. The van der Waals surface area contributed by atoms with Gasteiger partial charge in [-0.05, 0) is 214 Å². The van der Waals surface area contributed by atoms with Gasteiger partial charge in [0.2, 0.25) is 5.91 Å². The lowest BCUT2D eigenvalue weighted by Gasteiger charge is -2.64. The molecule has 0 radical (unpaired) electrons. The summed E-state index contributed by atoms with van der Waals surface area (Å²) in [4.78, 5) is 55.6. The molecular formula is C68H94B2N2O14. The molecule has 11 fully saturated rings. The number of aliphatic hydroxyl groups is 1. The summed E-state index contributed by atoms with van der Waals surface area (Å²) in [6.07, 6.45) is 8.52. The van der Waals surface area contributed by atoms with Gasteiger partial charge in [-0.2, -0.15) is 0 Å². The van der Waals surface area contributed by atoms with Gasteiger partial charge in [0, 0.05) is 5.92 Å². The Bertz CT molecular complexity index is 3040. The van der Waals surface area contributed by atoms with Crippen molar-refractivity contribution >= 4 is 38.2 Å². The van der Waals surface area contributed by atoms with Crippen LogP contribution in [-0.4, -0.2) is 132 Å². The number of aliphatic hydroxyl groups excluding tert-OH is 1. The summed E-state index contributed by atoms with van der Waals surface area (Å²) in [5.41, 5.74) is 4.42. The van der Waals surface area contributed by atoms with Gasteiger partial charge >= 0.3 is 32.3 Å². The van der Waals surface area contributed by atoms with Gasteiger partial charge in [0.15, 0.2) is 0 Å². The minimum atomic E-state index is -0.654. The van der Waals surface area contributed by atoms with Gasteiger partial charge in [-0.1, -0.05) is 70.2 Å². The van der Waals surface area contributed by atoms with E-state index in [0.717, 1.165) is 47.1 Å². The Labute approximate surface area is 511 Å². The highest BCUT2D eigenvalue weighted by atomic mass is 16.7. The highest BCUT2D eigenvalue weighted by molar-refractivity contribution is 6.45. The van der Waals surface area contributed by atoms with E-state index < -0.39 is 23.1 Å². The number of ether oxygens (including phenoxy) is 5. The average Bonchev–Trinajstić information content (AvgIpc) is 1.34. The average molecular weight is 1190 g/mol. The van der Waals surface area contributed by atoms with E-state index in [1.807, 2.05) is 110 Å². The van der Waals surface area contributed by atoms with Crippen molar-refractivity contribution in [2.45, 2.75) is 227 Å². The van der Waals surface area contributed by atoms with E-state index >= 15 is 0 Å². The molecule has 2 amide bonds. The van der Waals surface area contributed by atoms with Crippen molar-refractivity contribution in [3.05, 3.63) is 93.5 Å². The number of amides is 2. The maximum atomic E-state index is 13.5. The quantitative estimate of drug-likeness (QED) is 0.0863. The molecular weight excluding hydrogens is 1090 g/mol. The van der Waals surface area contributed by atoms with Crippen LogP contribution in [0.4, 0.5) is 4.79 Å². The minimum Gasteiger partial charge on any atom is -0.486 e. The number of aryl methyl sites for hydroxylation is 2. The van der Waals surface area contributed by atoms with Crippen molar-refractivity contribution in [3.8, 4) is 11.5 Å². The second-order valence-corrected chi connectivity index (χ2v) is 30.2. The van der Waals surface area contributed by atoms with E-state index in [1.54, 1.807) is 9.80 Å². The zero-order valence-corrected chi connectivity index (χ0v) is 53.6. The van der Waals surface area contributed by atoms with E-state index in [9.17, 15) is 24.3 Å². The Balaban J connectivity index is 0.000000179. The minimum absolute atomic E-state index is 0.0936. The lowest BCUT2D eigenvalue weighted by Crippen LogP contribution is -2.65. The molecule has 4 saturated heterocycles. The van der Waals surface area contributed by atoms with E-state index in [-0.39, 0.29) is 80.5 Å². The van der Waals surface area contributed by atoms with Crippen LogP contribution in [0.2, 0.25) is 12.6 Å². The topological polar surface area (TPSA) is 178 Å². The summed E-state index contributed by atoms with van der Waals surface area (Å²) < 4.78 is 55.8. The summed E-state index contributed by atoms with van der Waals surface area (Å²) in [5.74, 6) is 2.61. The Hall–Kier alpha value is -5.13. The molecule has 11 aliphatic rings. The Morgan fingerprint density at radius 2 is 1.06 bits per heavy atom. The van der Waals surface area contributed by atoms with Crippen molar-refractivity contribution in [1.29, 1.82) is 0 Å². The van der Waals surface area contributed by atoms with Crippen LogP contribution >= 0.6 is 0 Å². The summed E-state index contributed by atoms with van der Waals surface area (Å²) in [7, 11) is -0.516. The van der Waals surface area contributed by atoms with Crippen LogP contribution in [0.15, 0.2) is 54.6 Å². The molecule has 466 valence electrons. The third kappa shape index (κ3) is 12.3. The summed E-state index contributed by atoms with van der Waals surface area (Å²) in [6, 6.07) is 17.4. The van der Waals surface area contributed by atoms with Crippen LogP contribution < -0.4 is 9.47 Å². The SMILES string of the molecule is Cc1c(CCB2O[C@@H]3C[C@@H]4C[C@@H](C4(C)C)[C@]3(C)O2)ccc(OC2CN(C(=O)OCc3ccccc3)C2)c1C(=O)OC(C)(C)C.Cc1c(CCB2O[C@@H]3C[C@@H]4C[C@@H](C4(C)C)[C@]3(C)O2)ccc(OC2CN(C(=O)[C@H]3CC[C@H](O)C3)C2)c1C(=O)OC(C)(C)C. The summed E-state index contributed by atoms with van der Waals surface area (Å²) >= 11 is 0. The van der Waals surface area contributed by atoms with Gasteiger partial charge in [-0.3, -0.25) is 4.79 Å². The second kappa shape index (κ2) is 23.3. The van der Waals surface area contributed by atoms with Gasteiger partial charge in [0.1, 0.15) is 52.6 Å². The number of benzene rings is 3. The standard InChI is InChI=1S/C35H46BNO7.C33H48BNO7/c1-22-24(15-16-36-43-29-18-25-17-28(34(25,5)6)35(29,7)44-36)13-14-27(30(22)31(38)42-33(2,3)4)41-26-19-37(20-26)32(39)40-21-23-11-9-8-10-12-23;1-19-20(12-13-34-41-27-16-22-15-26(32(22,5)6)33(27,7)42-34)9-11-25(28(19)30(38)40-31(2,3)4)39-24-17-35(18-24)29(37)21-8-10-23(36)14-21/h8-14,25-26,28-29H,15-21H2,1-7H3;9,11,21-24,26-27,36H,8,10,12-18H2,1-7H3/t25-,28-,29+,35-;21-,22-,23-,26-,27+,33-/m00/s1. The molecule has 18 heteroatoms. The first-order valence-electron chi connectivity index (χ1n) is 32.0. The molecule has 3 aromatic carbocycles. The fourth-order valence-electron chi connectivity index (χ4n) is 16.0. The number of nitrogens with zero attached hydrogens (tertiary/aromatic N) is 2. The van der Waals surface area contributed by atoms with Crippen LogP contribution in [-0.2, 0) is 57.1 Å². The van der Waals surface area contributed by atoms with E-state index in [2.05, 4.69) is 41.5 Å². The van der Waals surface area contributed by atoms with Gasteiger partial charge in [-0.25, -0.2) is 14.4 Å². The first kappa shape index (κ1) is 62.5. The number of hydrogen-bond donors (Lipinski definition) is 1. The Morgan fingerprint density at radius 3 is 1.48 bits per heavy atom. The smallest absolute Gasteiger partial charge is 0.457 e. The predicted molar refractivity (Wildman–Crippen MR) is 327 cm³/mol. The monoisotopic (exact) mass is 1180 g/mol. The van der Waals surface area contributed by atoms with Crippen molar-refractivity contribution in [1.82, 2.24) is 9.80 Å². The molecule has 4 aliphatic heterocycles. The zero-order chi connectivity index (χ0) is 61.6. The van der Waals surface area contributed by atoms with Gasteiger partial charge < -0.3 is 57.2 Å². The normalized spacial score (nSPS) is 30.3. The number of carbonyl (C=O) groups excluding carboxylic acids is 4. The van der Waals surface area contributed by atoms with Crippen LogP contribution in [0.1, 0.15) is 177 Å². The molecule has 3 aromatic rings. The molecule has 4 heterocycles. The molecule has 0 unspecified atom stereocenters. The maximum Gasteiger partial charge on any atom is 0.457 e. The van der Waals surface area contributed by atoms with E-state index in [1.165, 1.54) is 12.8 Å². The second-order valence-electron chi connectivity index (χ2n) is 30.2. The molecule has 0 aromatic heterocycles. The molecule has 0 spiro atoms. The van der Waals surface area contributed by atoms with Crippen LogP contribution in [0, 0.1) is 54.3 Å². The van der Waals surface area contributed by atoms with Gasteiger partial charge in [-0.15, -0.1) is 0 Å². The maximum absolute atomic E-state index is 13.5. The van der Waals surface area contributed by atoms with E-state index in [0.29, 0.717) is 122 Å². The van der Waals surface area contributed by atoms with Crippen LogP contribution in [0.3, 0.4) is 0 Å². The number of likely N-dealkylation sites (tertiary alicyclic amines) is 2. The molecule has 7 saturated carbocycles. The van der Waals surface area contributed by atoms with Crippen LogP contribution in [0.5, 0.6) is 11.5 Å². The molecule has 1 N–H and O–H groups in total. The lowest BCUT2D eigenvalue weighted by molar-refractivity contribution is -0.199. The molecule has 16 nitrogen and oxygen atoms in total. The third-order valence-corrected chi connectivity index (χ3v) is 21.4. The highest BCUT2D eigenvalue weighted by Gasteiger charge is 2.69. The van der Waals surface area contributed by atoms with Crippen molar-refractivity contribution in [2.24, 2.45) is 40.4 Å². The molecule has 86 heavy (non-hydrogen) atoms. The Kier molecular flexibility index (Phi) is 17.0. The predicted octanol–water partition coefficient (Wildman–Crippen LogP) is 11.6. The fraction of sp³-hybridized carbons (Fsp3) is 0.676. The van der Waals surface area contributed by atoms with E-state index in [4.69, 9.17) is 42.3 Å². The molecule has 10 atom stereocenters. The zero-order valence-electron chi connectivity index (χ0n) is 53.6. The fourth-order valence-corrected chi connectivity index (χ4v) is 16.0. The molecule has 14 rings (SSSR count). The highest BCUT2D eigenvalue weighted by Crippen LogP contribution is 2.67. The summed E-state index contributed by atoms with van der Waals surface area (Å²) in [6.45, 7) is 31.0. The van der Waals surface area contributed by atoms with Gasteiger partial charge in [0.25, 0.3) is 0 Å². The van der Waals surface area contributed by atoms with Crippen molar-refractivity contribution in [3.63, 3.8) is 0 Å².